The minimum atomic E-state index is -0.215. The van der Waals surface area contributed by atoms with Gasteiger partial charge < -0.3 is 16.4 Å². The van der Waals surface area contributed by atoms with Crippen LogP contribution >= 0.6 is 24.8 Å². The molecule has 31 heavy (non-hydrogen) atoms. The molecule has 2 aromatic rings. The number of hydrogen-bond donors (Lipinski definition) is 3. The number of nitrogens with one attached hydrogen (secondary N) is 2. The van der Waals surface area contributed by atoms with Gasteiger partial charge in [0, 0.05) is 30.9 Å². The highest BCUT2D eigenvalue weighted by molar-refractivity contribution is 6.04. The second kappa shape index (κ2) is 11.5. The lowest BCUT2D eigenvalue weighted by atomic mass is 9.65. The van der Waals surface area contributed by atoms with E-state index in [0.29, 0.717) is 29.6 Å². The molecule has 1 heterocycles. The van der Waals surface area contributed by atoms with Crippen molar-refractivity contribution in [3.63, 3.8) is 0 Å². The lowest BCUT2D eigenvalue weighted by molar-refractivity contribution is -0.122. The molecule has 6 nitrogen and oxygen atoms in total. The van der Waals surface area contributed by atoms with E-state index in [2.05, 4.69) is 15.6 Å². The highest BCUT2D eigenvalue weighted by atomic mass is 35.5. The van der Waals surface area contributed by atoms with E-state index in [-0.39, 0.29) is 48.6 Å². The van der Waals surface area contributed by atoms with Crippen molar-refractivity contribution in [1.82, 2.24) is 10.3 Å². The topological polar surface area (TPSA) is 97.1 Å². The van der Waals surface area contributed by atoms with Crippen LogP contribution in [-0.2, 0) is 11.3 Å². The van der Waals surface area contributed by atoms with Crippen LogP contribution in [0.25, 0.3) is 0 Å². The van der Waals surface area contributed by atoms with E-state index in [1.54, 1.807) is 30.6 Å². The fourth-order valence-corrected chi connectivity index (χ4v) is 4.81. The number of fused-ring (bicyclic) bond motifs is 2. The third kappa shape index (κ3) is 5.97. The molecule has 2 fully saturated rings. The van der Waals surface area contributed by atoms with Crippen LogP contribution in [0.5, 0.6) is 0 Å². The molecule has 0 saturated heterocycles. The predicted molar refractivity (Wildman–Crippen MR) is 127 cm³/mol. The van der Waals surface area contributed by atoms with Crippen molar-refractivity contribution in [3.8, 4) is 0 Å². The Morgan fingerprint density at radius 2 is 1.74 bits per heavy atom. The normalized spacial score (nSPS) is 24.2. The number of pyridine rings is 1. The number of para-hydroxylation sites is 1. The number of benzene rings is 1. The van der Waals surface area contributed by atoms with E-state index in [4.69, 9.17) is 5.73 Å². The number of nitrogens with zero attached hydrogens (tertiary/aromatic N) is 1. The summed E-state index contributed by atoms with van der Waals surface area (Å²) in [7, 11) is 0. The summed E-state index contributed by atoms with van der Waals surface area (Å²) < 4.78 is 0. The van der Waals surface area contributed by atoms with Crippen molar-refractivity contribution < 1.29 is 9.59 Å². The molecule has 2 amide bonds. The van der Waals surface area contributed by atoms with E-state index in [9.17, 15) is 9.59 Å². The van der Waals surface area contributed by atoms with Crippen molar-refractivity contribution in [2.24, 2.45) is 23.5 Å². The Morgan fingerprint density at radius 1 is 1.03 bits per heavy atom. The van der Waals surface area contributed by atoms with Gasteiger partial charge >= 0.3 is 0 Å². The van der Waals surface area contributed by atoms with Crippen molar-refractivity contribution in [3.05, 3.63) is 59.9 Å². The van der Waals surface area contributed by atoms with E-state index < -0.39 is 0 Å². The summed E-state index contributed by atoms with van der Waals surface area (Å²) in [6.45, 7) is 0.388. The van der Waals surface area contributed by atoms with Crippen LogP contribution < -0.4 is 16.4 Å². The number of carbonyl (C=O) groups is 2. The Balaban J connectivity index is 0.00000171. The number of aromatic nitrogens is 1. The lowest BCUT2D eigenvalue weighted by Crippen LogP contribution is -2.48. The van der Waals surface area contributed by atoms with Crippen LogP contribution in [0.15, 0.2) is 48.8 Å². The second-order valence-electron chi connectivity index (χ2n) is 8.28. The smallest absolute Gasteiger partial charge is 0.253 e. The van der Waals surface area contributed by atoms with Gasteiger partial charge in [0.05, 0.1) is 11.3 Å². The van der Waals surface area contributed by atoms with E-state index in [1.165, 1.54) is 6.42 Å². The minimum absolute atomic E-state index is 0. The Labute approximate surface area is 195 Å². The standard InChI is InChI=1S/C23H28N4O2.2ClH/c24-21-16-6-3-7-17(21)12-18(11-16)22(28)27-20-9-2-1-8-19(20)23(29)26-14-15-5-4-10-25-13-15;;/h1-2,4-5,8-10,13,16-18,21H,3,6-7,11-12,14,24H2,(H,26,29)(H,27,28);2*1H. The van der Waals surface area contributed by atoms with Crippen molar-refractivity contribution >= 4 is 42.3 Å². The van der Waals surface area contributed by atoms with Crippen LogP contribution in [0.1, 0.15) is 48.0 Å². The zero-order chi connectivity index (χ0) is 20.2. The van der Waals surface area contributed by atoms with Gasteiger partial charge in [0.15, 0.2) is 0 Å². The maximum Gasteiger partial charge on any atom is 0.253 e. The number of carbonyl (C=O) groups excluding carboxylic acids is 2. The Hall–Kier alpha value is -2.15. The van der Waals surface area contributed by atoms with Crippen LogP contribution in [0.2, 0.25) is 0 Å². The zero-order valence-electron chi connectivity index (χ0n) is 17.3. The molecular weight excluding hydrogens is 435 g/mol. The van der Waals surface area contributed by atoms with Gasteiger partial charge in [0.1, 0.15) is 0 Å². The molecule has 2 aliphatic carbocycles. The molecular formula is C23H30Cl2N4O2. The number of hydrogen-bond acceptors (Lipinski definition) is 4. The molecule has 0 radical (unpaired) electrons. The molecule has 4 rings (SSSR count). The molecule has 1 aromatic heterocycles. The van der Waals surface area contributed by atoms with Crippen molar-refractivity contribution in [1.29, 1.82) is 0 Å². The third-order valence-corrected chi connectivity index (χ3v) is 6.39. The summed E-state index contributed by atoms with van der Waals surface area (Å²) in [5.74, 6) is 0.637. The summed E-state index contributed by atoms with van der Waals surface area (Å²) in [5, 5.41) is 5.91. The molecule has 8 heteroatoms. The number of rotatable bonds is 5. The number of anilines is 1. The Morgan fingerprint density at radius 3 is 2.42 bits per heavy atom. The first-order chi connectivity index (χ1) is 14.1. The fraction of sp³-hybridized carbons (Fsp3) is 0.435. The highest BCUT2D eigenvalue weighted by Gasteiger charge is 2.40. The predicted octanol–water partition coefficient (Wildman–Crippen LogP) is 3.95. The van der Waals surface area contributed by atoms with Crippen LogP contribution in [0.4, 0.5) is 5.69 Å². The molecule has 1 aromatic carbocycles. The highest BCUT2D eigenvalue weighted by Crippen LogP contribution is 2.42. The Kier molecular flexibility index (Phi) is 9.29. The first-order valence-corrected chi connectivity index (χ1v) is 10.4. The monoisotopic (exact) mass is 464 g/mol. The van der Waals surface area contributed by atoms with Gasteiger partial charge in [-0.3, -0.25) is 14.6 Å². The second-order valence-corrected chi connectivity index (χ2v) is 8.28. The van der Waals surface area contributed by atoms with Crippen molar-refractivity contribution in [2.75, 3.05) is 5.32 Å². The fourth-order valence-electron chi connectivity index (χ4n) is 4.81. The third-order valence-electron chi connectivity index (χ3n) is 6.39. The first-order valence-electron chi connectivity index (χ1n) is 10.4. The molecule has 2 bridgehead atoms. The summed E-state index contributed by atoms with van der Waals surface area (Å²) in [6.07, 6.45) is 8.57. The molecule has 2 atom stereocenters. The van der Waals surface area contributed by atoms with Gasteiger partial charge in [-0.25, -0.2) is 0 Å². The van der Waals surface area contributed by atoms with Gasteiger partial charge in [0.25, 0.3) is 5.91 Å². The van der Waals surface area contributed by atoms with E-state index in [1.807, 2.05) is 18.2 Å². The number of amides is 2. The van der Waals surface area contributed by atoms with Crippen molar-refractivity contribution in [2.45, 2.75) is 44.7 Å². The van der Waals surface area contributed by atoms with E-state index >= 15 is 0 Å². The molecule has 2 aliphatic rings. The lowest BCUT2D eigenvalue weighted by Gasteiger charge is -2.43. The van der Waals surface area contributed by atoms with Crippen LogP contribution in [-0.4, -0.2) is 22.8 Å². The minimum Gasteiger partial charge on any atom is -0.348 e. The molecule has 2 saturated carbocycles. The van der Waals surface area contributed by atoms with Gasteiger partial charge in [-0.2, -0.15) is 0 Å². The summed E-state index contributed by atoms with van der Waals surface area (Å²) in [4.78, 5) is 29.7. The number of nitrogens with two attached hydrogens (primary N) is 1. The maximum absolute atomic E-state index is 13.0. The molecule has 0 spiro atoms. The maximum atomic E-state index is 13.0. The average molecular weight is 465 g/mol. The van der Waals surface area contributed by atoms with Gasteiger partial charge in [0.2, 0.25) is 5.91 Å². The summed E-state index contributed by atoms with van der Waals surface area (Å²) in [5.41, 5.74) is 8.31. The van der Waals surface area contributed by atoms with Crippen LogP contribution in [0.3, 0.4) is 0 Å². The van der Waals surface area contributed by atoms with Gasteiger partial charge in [-0.1, -0.05) is 24.6 Å². The molecule has 0 aliphatic heterocycles. The van der Waals surface area contributed by atoms with Gasteiger partial charge in [-0.05, 0) is 61.3 Å². The first kappa shape index (κ1) is 25.1. The average Bonchev–Trinajstić information content (AvgIpc) is 2.73. The summed E-state index contributed by atoms with van der Waals surface area (Å²) in [6, 6.07) is 11.1. The summed E-state index contributed by atoms with van der Waals surface area (Å²) >= 11 is 0. The SMILES string of the molecule is Cl.Cl.NC1C2CCCC1CC(C(=O)Nc1ccccc1C(=O)NCc1cccnc1)C2. The Bertz CT molecular complexity index is 867. The van der Waals surface area contributed by atoms with E-state index in [0.717, 1.165) is 31.2 Å². The molecule has 4 N–H and O–H groups in total. The van der Waals surface area contributed by atoms with Gasteiger partial charge in [-0.15, -0.1) is 24.8 Å². The molecule has 168 valence electrons. The number of halogens is 2. The van der Waals surface area contributed by atoms with Crippen LogP contribution in [0, 0.1) is 17.8 Å². The quantitative estimate of drug-likeness (QED) is 0.623. The zero-order valence-corrected chi connectivity index (χ0v) is 19.0. The largest absolute Gasteiger partial charge is 0.348 e. The molecule has 2 unspecified atom stereocenters.